The summed E-state index contributed by atoms with van der Waals surface area (Å²) in [6.45, 7) is 5.08. The van der Waals surface area contributed by atoms with E-state index in [2.05, 4.69) is 5.32 Å². The molecule has 1 atom stereocenters. The van der Waals surface area contributed by atoms with Crippen LogP contribution in [0, 0.1) is 14.9 Å². The van der Waals surface area contributed by atoms with Gasteiger partial charge < -0.3 is 19.9 Å². The lowest BCUT2D eigenvalue weighted by molar-refractivity contribution is -0.137. The first-order valence-electron chi connectivity index (χ1n) is 7.14. The maximum absolute atomic E-state index is 11.8. The number of alkyl carbamates (subject to hydrolysis) is 1. The summed E-state index contributed by atoms with van der Waals surface area (Å²) in [5.74, 6) is -0.615. The van der Waals surface area contributed by atoms with Crippen LogP contribution in [0.5, 0.6) is 5.75 Å². The lowest BCUT2D eigenvalue weighted by Crippen LogP contribution is -2.43. The first-order valence-corrected chi connectivity index (χ1v) is 8.22. The number of hydrogen-bond acceptors (Lipinski definition) is 5. The topological polar surface area (TPSA) is 109 Å². The minimum absolute atomic E-state index is 0.0591. The van der Waals surface area contributed by atoms with Crippen LogP contribution in [0.4, 0.5) is 4.79 Å². The fourth-order valence-electron chi connectivity index (χ4n) is 1.71. The van der Waals surface area contributed by atoms with Gasteiger partial charge in [0.1, 0.15) is 18.0 Å². The Morgan fingerprint density at radius 2 is 2.08 bits per heavy atom. The number of carbonyl (C=O) groups is 2. The molecular weight excluding hydrogens is 427 g/mol. The lowest BCUT2D eigenvalue weighted by atomic mass is 10.2. The van der Waals surface area contributed by atoms with Gasteiger partial charge in [0.2, 0.25) is 0 Å². The van der Waals surface area contributed by atoms with E-state index in [0.29, 0.717) is 11.3 Å². The Morgan fingerprint density at radius 1 is 1.42 bits per heavy atom. The molecule has 0 fully saturated rings. The van der Waals surface area contributed by atoms with Crippen molar-refractivity contribution in [3.8, 4) is 11.8 Å². The van der Waals surface area contributed by atoms with E-state index in [1.54, 1.807) is 39.0 Å². The van der Waals surface area contributed by atoms with Crippen LogP contribution < -0.4 is 10.1 Å². The number of aliphatic carboxylic acids is 1. The molecule has 8 heteroatoms. The predicted octanol–water partition coefficient (Wildman–Crippen LogP) is 2.91. The Labute approximate surface area is 154 Å². The number of benzene rings is 1. The number of ether oxygens (including phenoxy) is 2. The van der Waals surface area contributed by atoms with Crippen LogP contribution in [-0.4, -0.2) is 35.4 Å². The average Bonchev–Trinajstić information content (AvgIpc) is 2.43. The molecule has 0 unspecified atom stereocenters. The molecule has 0 saturated heterocycles. The van der Waals surface area contributed by atoms with E-state index in [4.69, 9.17) is 19.8 Å². The number of rotatable bonds is 6. The van der Waals surface area contributed by atoms with Crippen molar-refractivity contribution >= 4 is 34.7 Å². The normalized spacial score (nSPS) is 12.0. The molecule has 0 aliphatic rings. The molecule has 0 aromatic heterocycles. The van der Waals surface area contributed by atoms with Gasteiger partial charge in [0.25, 0.3) is 0 Å². The van der Waals surface area contributed by atoms with Gasteiger partial charge in [-0.15, -0.1) is 0 Å². The van der Waals surface area contributed by atoms with Gasteiger partial charge in [-0.1, -0.05) is 0 Å². The number of nitrogens with zero attached hydrogens (tertiary/aromatic N) is 1. The fraction of sp³-hybridized carbons (Fsp3) is 0.438. The van der Waals surface area contributed by atoms with Gasteiger partial charge in [-0.3, -0.25) is 4.79 Å². The summed E-state index contributed by atoms with van der Waals surface area (Å²) in [4.78, 5) is 22.8. The number of carbonyl (C=O) groups excluding carboxylic acids is 1. The van der Waals surface area contributed by atoms with Crippen LogP contribution in [0.15, 0.2) is 18.2 Å². The Kier molecular flexibility index (Phi) is 7.28. The lowest BCUT2D eigenvalue weighted by Gasteiger charge is -2.23. The first kappa shape index (κ1) is 20.0. The quantitative estimate of drug-likeness (QED) is 0.651. The third kappa shape index (κ3) is 7.50. The summed E-state index contributed by atoms with van der Waals surface area (Å²) in [6.07, 6.45) is -1.02. The second-order valence-corrected chi connectivity index (χ2v) is 7.17. The first-order chi connectivity index (χ1) is 11.1. The maximum Gasteiger partial charge on any atom is 0.408 e. The molecule has 0 spiro atoms. The van der Waals surface area contributed by atoms with E-state index in [1.807, 2.05) is 28.7 Å². The number of nitrogens with one attached hydrogen (secondary N) is 1. The SMILES string of the molecule is CC(C)(C)OC(=O)N[C@@H](COc1cc(C#N)ccc1I)CC(=O)O. The Bertz CT molecular complexity index is 649. The molecule has 24 heavy (non-hydrogen) atoms. The van der Waals surface area contributed by atoms with Gasteiger partial charge >= 0.3 is 12.1 Å². The molecule has 2 N–H and O–H groups in total. The average molecular weight is 446 g/mol. The highest BCUT2D eigenvalue weighted by atomic mass is 127. The second kappa shape index (κ2) is 8.73. The summed E-state index contributed by atoms with van der Waals surface area (Å²) in [7, 11) is 0. The molecule has 1 aromatic carbocycles. The zero-order valence-electron chi connectivity index (χ0n) is 13.6. The molecule has 1 rings (SSSR count). The van der Waals surface area contributed by atoms with E-state index >= 15 is 0 Å². The van der Waals surface area contributed by atoms with Crippen LogP contribution in [0.3, 0.4) is 0 Å². The van der Waals surface area contributed by atoms with Gasteiger partial charge in [0, 0.05) is 0 Å². The van der Waals surface area contributed by atoms with Gasteiger partial charge in [-0.05, 0) is 61.6 Å². The standard InChI is InChI=1S/C16H19IN2O5/c1-16(2,3)24-15(22)19-11(7-14(20)21)9-23-13-6-10(8-18)4-5-12(13)17/h4-6,11H,7,9H2,1-3H3,(H,19,22)(H,20,21)/t11-/m1/s1. The number of halogens is 1. The zero-order chi connectivity index (χ0) is 18.3. The minimum atomic E-state index is -1.07. The molecule has 0 bridgehead atoms. The van der Waals surface area contributed by atoms with E-state index in [1.165, 1.54) is 0 Å². The molecule has 0 radical (unpaired) electrons. The van der Waals surface area contributed by atoms with Crippen molar-refractivity contribution in [2.45, 2.75) is 38.8 Å². The van der Waals surface area contributed by atoms with Gasteiger partial charge in [0.15, 0.2) is 0 Å². The summed E-state index contributed by atoms with van der Waals surface area (Å²) < 4.78 is 11.5. The van der Waals surface area contributed by atoms with Crippen molar-refractivity contribution in [2.24, 2.45) is 0 Å². The van der Waals surface area contributed by atoms with Crippen molar-refractivity contribution < 1.29 is 24.2 Å². The van der Waals surface area contributed by atoms with Crippen LogP contribution >= 0.6 is 22.6 Å². The highest BCUT2D eigenvalue weighted by molar-refractivity contribution is 14.1. The number of hydrogen-bond donors (Lipinski definition) is 2. The third-order valence-electron chi connectivity index (χ3n) is 2.64. The largest absolute Gasteiger partial charge is 0.490 e. The minimum Gasteiger partial charge on any atom is -0.490 e. The highest BCUT2D eigenvalue weighted by Crippen LogP contribution is 2.22. The third-order valence-corrected chi connectivity index (χ3v) is 3.53. The van der Waals surface area contributed by atoms with Gasteiger partial charge in [-0.25, -0.2) is 4.79 Å². The monoisotopic (exact) mass is 446 g/mol. The van der Waals surface area contributed by atoms with Crippen LogP contribution in [0.2, 0.25) is 0 Å². The summed E-state index contributed by atoms with van der Waals surface area (Å²) in [5.41, 5.74) is -0.254. The number of nitriles is 1. The zero-order valence-corrected chi connectivity index (χ0v) is 15.8. The van der Waals surface area contributed by atoms with E-state index in [0.717, 1.165) is 3.57 Å². The smallest absolute Gasteiger partial charge is 0.408 e. The Hall–Kier alpha value is -2.02. The summed E-state index contributed by atoms with van der Waals surface area (Å²) >= 11 is 2.05. The van der Waals surface area contributed by atoms with Crippen molar-refractivity contribution in [1.82, 2.24) is 5.32 Å². The van der Waals surface area contributed by atoms with Crippen LogP contribution in [0.1, 0.15) is 32.8 Å². The van der Waals surface area contributed by atoms with E-state index in [9.17, 15) is 9.59 Å². The molecule has 0 aliphatic heterocycles. The van der Waals surface area contributed by atoms with Crippen LogP contribution in [0.25, 0.3) is 0 Å². The highest BCUT2D eigenvalue weighted by Gasteiger charge is 2.22. The van der Waals surface area contributed by atoms with E-state index < -0.39 is 23.7 Å². The van der Waals surface area contributed by atoms with Crippen molar-refractivity contribution in [2.75, 3.05) is 6.61 Å². The van der Waals surface area contributed by atoms with Crippen molar-refractivity contribution in [3.05, 3.63) is 27.3 Å². The number of carboxylic acids is 1. The second-order valence-electron chi connectivity index (χ2n) is 6.01. The summed E-state index contributed by atoms with van der Waals surface area (Å²) in [5, 5.41) is 20.4. The van der Waals surface area contributed by atoms with E-state index in [-0.39, 0.29) is 13.0 Å². The molecule has 0 aliphatic carbocycles. The molecule has 130 valence electrons. The molecule has 7 nitrogen and oxygen atoms in total. The molecule has 1 amide bonds. The molecule has 1 aromatic rings. The van der Waals surface area contributed by atoms with Gasteiger partial charge in [0.05, 0.1) is 27.7 Å². The van der Waals surface area contributed by atoms with Crippen LogP contribution in [-0.2, 0) is 9.53 Å². The fourth-order valence-corrected chi connectivity index (χ4v) is 2.20. The van der Waals surface area contributed by atoms with Crippen molar-refractivity contribution in [1.29, 1.82) is 5.26 Å². The number of amides is 1. The summed E-state index contributed by atoms with van der Waals surface area (Å²) in [6, 6.07) is 6.18. The Morgan fingerprint density at radius 3 is 2.62 bits per heavy atom. The molecular formula is C16H19IN2O5. The predicted molar refractivity (Wildman–Crippen MR) is 94.8 cm³/mol. The van der Waals surface area contributed by atoms with Gasteiger partial charge in [-0.2, -0.15) is 5.26 Å². The molecule has 0 saturated carbocycles. The maximum atomic E-state index is 11.8. The van der Waals surface area contributed by atoms with Crippen molar-refractivity contribution in [3.63, 3.8) is 0 Å². The number of carboxylic acid groups (broad SMARTS) is 1. The Balaban J connectivity index is 2.75. The molecule has 0 heterocycles.